The van der Waals surface area contributed by atoms with Gasteiger partial charge in [-0.3, -0.25) is 9.36 Å². The normalized spacial score (nSPS) is 11.2. The third-order valence-electron chi connectivity index (χ3n) is 4.67. The molecule has 0 amide bonds. The van der Waals surface area contributed by atoms with Crippen LogP contribution in [0.2, 0.25) is 5.02 Å². The smallest absolute Gasteiger partial charge is 0.276 e. The summed E-state index contributed by atoms with van der Waals surface area (Å²) in [5, 5.41) is 6.96. The molecule has 2 aromatic carbocycles. The van der Waals surface area contributed by atoms with E-state index in [1.54, 1.807) is 23.8 Å². The molecule has 0 N–H and O–H groups in total. The highest BCUT2D eigenvalue weighted by Crippen LogP contribution is 2.29. The number of thiophene rings is 1. The van der Waals surface area contributed by atoms with Crippen molar-refractivity contribution in [2.24, 2.45) is 0 Å². The second-order valence-electron chi connectivity index (χ2n) is 6.65. The number of aromatic nitrogens is 4. The molecule has 3 heterocycles. The number of nitrogens with zero attached hydrogens (tertiary/aromatic N) is 4. The van der Waals surface area contributed by atoms with Gasteiger partial charge in [-0.05, 0) is 35.7 Å². The summed E-state index contributed by atoms with van der Waals surface area (Å²) in [6.45, 7) is 0. The highest BCUT2D eigenvalue weighted by Gasteiger charge is 2.17. The SMILES string of the molecule is COc1cccc(-n2c(SCc3nc(-c4ccccc4Cl)no3)nc3ccsc3c2=O)c1. The summed E-state index contributed by atoms with van der Waals surface area (Å²) in [5.41, 5.74) is 1.88. The Labute approximate surface area is 195 Å². The minimum Gasteiger partial charge on any atom is -0.497 e. The molecule has 5 rings (SSSR count). The summed E-state index contributed by atoms with van der Waals surface area (Å²) in [7, 11) is 1.59. The van der Waals surface area contributed by atoms with E-state index in [0.29, 0.717) is 54.9 Å². The summed E-state index contributed by atoms with van der Waals surface area (Å²) in [6.07, 6.45) is 0. The van der Waals surface area contributed by atoms with Crippen molar-refractivity contribution < 1.29 is 9.26 Å². The van der Waals surface area contributed by atoms with Crippen LogP contribution in [0.5, 0.6) is 5.75 Å². The molecular formula is C22H15ClN4O3S2. The van der Waals surface area contributed by atoms with Gasteiger partial charge in [-0.15, -0.1) is 11.3 Å². The fraction of sp³-hybridized carbons (Fsp3) is 0.0909. The molecule has 7 nitrogen and oxygen atoms in total. The van der Waals surface area contributed by atoms with Gasteiger partial charge in [-0.2, -0.15) is 4.98 Å². The van der Waals surface area contributed by atoms with E-state index in [-0.39, 0.29) is 5.56 Å². The zero-order chi connectivity index (χ0) is 22.1. The molecule has 0 aliphatic heterocycles. The fourth-order valence-corrected chi connectivity index (χ4v) is 4.99. The van der Waals surface area contributed by atoms with Crippen molar-refractivity contribution in [3.8, 4) is 22.8 Å². The van der Waals surface area contributed by atoms with Crippen LogP contribution in [0.3, 0.4) is 0 Å². The fourth-order valence-electron chi connectivity index (χ4n) is 3.16. The maximum Gasteiger partial charge on any atom is 0.276 e. The van der Waals surface area contributed by atoms with Gasteiger partial charge >= 0.3 is 0 Å². The highest BCUT2D eigenvalue weighted by atomic mass is 35.5. The van der Waals surface area contributed by atoms with Crippen LogP contribution in [0.4, 0.5) is 0 Å². The van der Waals surface area contributed by atoms with Gasteiger partial charge in [0.15, 0.2) is 5.16 Å². The molecule has 0 fully saturated rings. The summed E-state index contributed by atoms with van der Waals surface area (Å²) in [5.74, 6) is 1.81. The molecule has 5 aromatic rings. The minimum atomic E-state index is -0.136. The molecule has 0 atom stereocenters. The first kappa shape index (κ1) is 20.7. The van der Waals surface area contributed by atoms with Crippen LogP contribution in [0, 0.1) is 0 Å². The molecule has 160 valence electrons. The van der Waals surface area contributed by atoms with E-state index < -0.39 is 0 Å². The van der Waals surface area contributed by atoms with Gasteiger partial charge in [0.1, 0.15) is 10.4 Å². The van der Waals surface area contributed by atoms with Gasteiger partial charge in [-0.25, -0.2) is 4.98 Å². The Morgan fingerprint density at radius 3 is 2.88 bits per heavy atom. The summed E-state index contributed by atoms with van der Waals surface area (Å²) >= 11 is 8.94. The molecule has 10 heteroatoms. The molecule has 0 bridgehead atoms. The van der Waals surface area contributed by atoms with Gasteiger partial charge in [0, 0.05) is 11.6 Å². The molecule has 0 saturated heterocycles. The van der Waals surface area contributed by atoms with Crippen LogP contribution in [0.1, 0.15) is 5.89 Å². The maximum atomic E-state index is 13.3. The molecule has 3 aromatic heterocycles. The van der Waals surface area contributed by atoms with Crippen molar-refractivity contribution in [2.75, 3.05) is 7.11 Å². The molecule has 32 heavy (non-hydrogen) atoms. The number of methoxy groups -OCH3 is 1. The van der Waals surface area contributed by atoms with E-state index in [9.17, 15) is 4.79 Å². The highest BCUT2D eigenvalue weighted by molar-refractivity contribution is 7.98. The van der Waals surface area contributed by atoms with E-state index in [1.807, 2.05) is 47.8 Å². The van der Waals surface area contributed by atoms with E-state index in [4.69, 9.17) is 25.8 Å². The van der Waals surface area contributed by atoms with Crippen LogP contribution in [-0.4, -0.2) is 26.8 Å². The number of thioether (sulfide) groups is 1. The van der Waals surface area contributed by atoms with Crippen molar-refractivity contribution in [2.45, 2.75) is 10.9 Å². The van der Waals surface area contributed by atoms with Gasteiger partial charge in [0.05, 0.1) is 29.1 Å². The van der Waals surface area contributed by atoms with Crippen LogP contribution in [0.25, 0.3) is 27.3 Å². The first-order chi connectivity index (χ1) is 15.6. The van der Waals surface area contributed by atoms with Crippen LogP contribution < -0.4 is 10.3 Å². The lowest BCUT2D eigenvalue weighted by Crippen LogP contribution is -2.20. The Kier molecular flexibility index (Phi) is 5.69. The van der Waals surface area contributed by atoms with E-state index >= 15 is 0 Å². The molecule has 0 aliphatic carbocycles. The molecule has 0 spiro atoms. The second-order valence-corrected chi connectivity index (χ2v) is 8.92. The topological polar surface area (TPSA) is 83.0 Å². The first-order valence-corrected chi connectivity index (χ1v) is 11.7. The van der Waals surface area contributed by atoms with Crippen molar-refractivity contribution in [1.82, 2.24) is 19.7 Å². The Bertz CT molecular complexity index is 1480. The molecular weight excluding hydrogens is 468 g/mol. The average Bonchev–Trinajstić information content (AvgIpc) is 3.48. The first-order valence-electron chi connectivity index (χ1n) is 9.49. The average molecular weight is 483 g/mol. The Balaban J connectivity index is 1.51. The molecule has 0 radical (unpaired) electrons. The minimum absolute atomic E-state index is 0.136. The third kappa shape index (κ3) is 3.90. The van der Waals surface area contributed by atoms with Gasteiger partial charge in [0.2, 0.25) is 11.7 Å². The van der Waals surface area contributed by atoms with E-state index in [2.05, 4.69) is 10.1 Å². The van der Waals surface area contributed by atoms with Gasteiger partial charge in [-0.1, -0.05) is 46.7 Å². The number of halogens is 1. The zero-order valence-electron chi connectivity index (χ0n) is 16.7. The monoisotopic (exact) mass is 482 g/mol. The summed E-state index contributed by atoms with van der Waals surface area (Å²) in [4.78, 5) is 22.4. The lowest BCUT2D eigenvalue weighted by molar-refractivity contribution is 0.391. The van der Waals surface area contributed by atoms with Gasteiger partial charge < -0.3 is 9.26 Å². The Morgan fingerprint density at radius 2 is 2.03 bits per heavy atom. The van der Waals surface area contributed by atoms with Crippen LogP contribution >= 0.6 is 34.7 Å². The molecule has 0 unspecified atom stereocenters. The number of hydrogen-bond acceptors (Lipinski definition) is 8. The van der Waals surface area contributed by atoms with E-state index in [1.165, 1.54) is 23.1 Å². The summed E-state index contributed by atoms with van der Waals surface area (Å²) < 4.78 is 12.9. The number of ether oxygens (including phenoxy) is 1. The standard InChI is InChI=1S/C22H15ClN4O3S2/c1-29-14-6-4-5-13(11-14)27-21(28)19-17(9-10-31-19)24-22(27)32-12-18-25-20(26-30-18)15-7-2-3-8-16(15)23/h2-11H,12H2,1H3. The van der Waals surface area contributed by atoms with Crippen molar-refractivity contribution >= 4 is 44.9 Å². The predicted octanol–water partition coefficient (Wildman–Crippen LogP) is 5.45. The molecule has 0 saturated carbocycles. The Hall–Kier alpha value is -3.14. The lowest BCUT2D eigenvalue weighted by atomic mass is 10.2. The van der Waals surface area contributed by atoms with Crippen molar-refractivity contribution in [3.05, 3.63) is 81.2 Å². The van der Waals surface area contributed by atoms with Crippen molar-refractivity contribution in [1.29, 1.82) is 0 Å². The lowest BCUT2D eigenvalue weighted by Gasteiger charge is -2.12. The predicted molar refractivity (Wildman–Crippen MR) is 126 cm³/mol. The third-order valence-corrected chi connectivity index (χ3v) is 6.81. The number of hydrogen-bond donors (Lipinski definition) is 0. The summed E-state index contributed by atoms with van der Waals surface area (Å²) in [6, 6.07) is 16.4. The quantitative estimate of drug-likeness (QED) is 0.235. The number of rotatable bonds is 6. The zero-order valence-corrected chi connectivity index (χ0v) is 19.1. The van der Waals surface area contributed by atoms with Crippen LogP contribution in [-0.2, 0) is 5.75 Å². The van der Waals surface area contributed by atoms with E-state index in [0.717, 1.165) is 0 Å². The second kappa shape index (κ2) is 8.78. The number of fused-ring (bicyclic) bond motifs is 1. The van der Waals surface area contributed by atoms with Gasteiger partial charge in [0.25, 0.3) is 5.56 Å². The Morgan fingerprint density at radius 1 is 1.16 bits per heavy atom. The maximum absolute atomic E-state index is 13.3. The largest absolute Gasteiger partial charge is 0.497 e. The number of benzene rings is 2. The van der Waals surface area contributed by atoms with Crippen LogP contribution in [0.15, 0.2) is 74.5 Å². The molecule has 0 aliphatic rings. The van der Waals surface area contributed by atoms with Crippen molar-refractivity contribution in [3.63, 3.8) is 0 Å².